The van der Waals surface area contributed by atoms with Crippen LogP contribution in [-0.4, -0.2) is 0 Å². The molecule has 0 radical (unpaired) electrons. The summed E-state index contributed by atoms with van der Waals surface area (Å²) in [7, 11) is -4.13. The fourth-order valence-electron chi connectivity index (χ4n) is 4.15. The lowest BCUT2D eigenvalue weighted by Gasteiger charge is -2.22. The molecule has 0 spiro atoms. The molecule has 0 N–H and O–H groups in total. The molecule has 0 unspecified atom stereocenters. The van der Waals surface area contributed by atoms with Gasteiger partial charge in [-0.25, -0.2) is 0 Å². The molecule has 0 bridgehead atoms. The molecule has 0 saturated heterocycles. The van der Waals surface area contributed by atoms with E-state index in [2.05, 4.69) is 13.8 Å². The smallest absolute Gasteiger partial charge is 0.386 e. The summed E-state index contributed by atoms with van der Waals surface area (Å²) >= 11 is 0. The van der Waals surface area contributed by atoms with Gasteiger partial charge in [0.2, 0.25) is 0 Å². The Morgan fingerprint density at radius 2 is 0.868 bits per heavy atom. The summed E-state index contributed by atoms with van der Waals surface area (Å²) in [5.74, 6) is 1.40. The zero-order valence-corrected chi connectivity index (χ0v) is 22.3. The molecular formula is C33H29O4P. The number of benzene rings is 5. The van der Waals surface area contributed by atoms with Crippen molar-refractivity contribution in [1.29, 1.82) is 0 Å². The summed E-state index contributed by atoms with van der Waals surface area (Å²) in [5.41, 5.74) is 5.13. The first kappa shape index (κ1) is 25.4. The first-order valence-corrected chi connectivity index (χ1v) is 14.0. The predicted molar refractivity (Wildman–Crippen MR) is 154 cm³/mol. The number of para-hydroxylation sites is 1. The van der Waals surface area contributed by atoms with Crippen LogP contribution in [0.5, 0.6) is 17.2 Å². The fraction of sp³-hybridized carbons (Fsp3) is 0.0909. The zero-order chi connectivity index (χ0) is 26.4. The van der Waals surface area contributed by atoms with Gasteiger partial charge in [-0.1, -0.05) is 117 Å². The maximum atomic E-state index is 14.1. The van der Waals surface area contributed by atoms with Crippen LogP contribution in [0.3, 0.4) is 0 Å². The van der Waals surface area contributed by atoms with Gasteiger partial charge >= 0.3 is 7.82 Å². The lowest BCUT2D eigenvalue weighted by Crippen LogP contribution is -2.09. The second-order valence-electron chi connectivity index (χ2n) is 9.19. The predicted octanol–water partition coefficient (Wildman–Crippen LogP) is 9.79. The second-order valence-corrected chi connectivity index (χ2v) is 10.6. The summed E-state index contributed by atoms with van der Waals surface area (Å²) in [6.45, 7) is 4.11. The van der Waals surface area contributed by atoms with Crippen LogP contribution in [0.25, 0.3) is 22.3 Å². The van der Waals surface area contributed by atoms with E-state index in [4.69, 9.17) is 13.6 Å². The SMILES string of the molecule is CC(C)c1ccccc1OP(=O)(Oc1ccc(-c2ccccc2)cc1)Oc1ccc(-c2ccccc2)cc1. The Labute approximate surface area is 224 Å². The Morgan fingerprint density at radius 1 is 0.474 bits per heavy atom. The average molecular weight is 521 g/mol. The Morgan fingerprint density at radius 3 is 1.32 bits per heavy atom. The van der Waals surface area contributed by atoms with Gasteiger partial charge in [0.1, 0.15) is 17.2 Å². The van der Waals surface area contributed by atoms with Crippen LogP contribution in [-0.2, 0) is 4.57 Å². The first-order chi connectivity index (χ1) is 18.5. The lowest BCUT2D eigenvalue weighted by atomic mass is 10.0. The van der Waals surface area contributed by atoms with Crippen molar-refractivity contribution in [2.75, 3.05) is 0 Å². The molecule has 0 amide bonds. The molecule has 190 valence electrons. The third kappa shape index (κ3) is 6.16. The number of phosphoric acid groups is 1. The van der Waals surface area contributed by atoms with Crippen molar-refractivity contribution in [3.8, 4) is 39.5 Å². The average Bonchev–Trinajstić information content (AvgIpc) is 2.95. The number of phosphoric ester groups is 1. The Bertz CT molecular complexity index is 1420. The zero-order valence-electron chi connectivity index (χ0n) is 21.4. The highest BCUT2D eigenvalue weighted by Crippen LogP contribution is 2.51. The van der Waals surface area contributed by atoms with Crippen molar-refractivity contribution < 1.29 is 18.1 Å². The third-order valence-corrected chi connectivity index (χ3v) is 7.40. The van der Waals surface area contributed by atoms with Crippen LogP contribution >= 0.6 is 7.82 Å². The quantitative estimate of drug-likeness (QED) is 0.181. The van der Waals surface area contributed by atoms with Crippen LogP contribution in [0.15, 0.2) is 133 Å². The molecule has 4 nitrogen and oxygen atoms in total. The molecule has 0 aliphatic carbocycles. The number of rotatable bonds is 9. The van der Waals surface area contributed by atoms with Gasteiger partial charge in [-0.05, 0) is 64.1 Å². The molecule has 5 aromatic rings. The van der Waals surface area contributed by atoms with Crippen molar-refractivity contribution in [1.82, 2.24) is 0 Å². The van der Waals surface area contributed by atoms with Gasteiger partial charge in [0.25, 0.3) is 0 Å². The van der Waals surface area contributed by atoms with E-state index in [0.29, 0.717) is 17.2 Å². The number of hydrogen-bond donors (Lipinski definition) is 0. The van der Waals surface area contributed by atoms with Gasteiger partial charge < -0.3 is 13.6 Å². The van der Waals surface area contributed by atoms with Crippen LogP contribution in [0.4, 0.5) is 0 Å². The largest absolute Gasteiger partial charge is 0.647 e. The third-order valence-electron chi connectivity index (χ3n) is 6.11. The lowest BCUT2D eigenvalue weighted by molar-refractivity contribution is 0.297. The van der Waals surface area contributed by atoms with E-state index in [0.717, 1.165) is 27.8 Å². The van der Waals surface area contributed by atoms with Crippen LogP contribution in [0.1, 0.15) is 25.3 Å². The summed E-state index contributed by atoms with van der Waals surface area (Å²) in [6, 6.07) is 42.4. The minimum atomic E-state index is -4.13. The maximum Gasteiger partial charge on any atom is 0.647 e. The minimum Gasteiger partial charge on any atom is -0.386 e. The molecular weight excluding hydrogens is 491 g/mol. The van der Waals surface area contributed by atoms with Crippen molar-refractivity contribution in [2.45, 2.75) is 19.8 Å². The molecule has 5 heteroatoms. The fourth-order valence-corrected chi connectivity index (χ4v) is 5.43. The monoisotopic (exact) mass is 520 g/mol. The first-order valence-electron chi connectivity index (χ1n) is 12.6. The standard InChI is InChI=1S/C33H29O4P/c1-25(2)32-15-9-10-16-33(32)37-38(34,35-30-21-17-28(18-22-30)26-11-5-3-6-12-26)36-31-23-19-29(20-24-31)27-13-7-4-8-14-27/h3-25H,1-2H3. The summed E-state index contributed by atoms with van der Waals surface area (Å²) in [6.07, 6.45) is 0. The van der Waals surface area contributed by atoms with E-state index in [1.165, 1.54) is 0 Å². The molecule has 38 heavy (non-hydrogen) atoms. The molecule has 0 saturated carbocycles. The molecule has 0 heterocycles. The summed E-state index contributed by atoms with van der Waals surface area (Å²) in [4.78, 5) is 0. The van der Waals surface area contributed by atoms with Crippen molar-refractivity contribution in [3.63, 3.8) is 0 Å². The van der Waals surface area contributed by atoms with E-state index >= 15 is 0 Å². The van der Waals surface area contributed by atoms with Gasteiger partial charge in [-0.3, -0.25) is 0 Å². The topological polar surface area (TPSA) is 44.8 Å². The molecule has 0 atom stereocenters. The van der Waals surface area contributed by atoms with E-state index < -0.39 is 7.82 Å². The molecule has 0 aliphatic heterocycles. The minimum absolute atomic E-state index is 0.162. The van der Waals surface area contributed by atoms with E-state index in [1.54, 1.807) is 30.3 Å². The van der Waals surface area contributed by atoms with Crippen LogP contribution in [0.2, 0.25) is 0 Å². The van der Waals surface area contributed by atoms with E-state index in [9.17, 15) is 4.57 Å². The summed E-state index contributed by atoms with van der Waals surface area (Å²) in [5, 5.41) is 0. The van der Waals surface area contributed by atoms with Gasteiger partial charge in [-0.2, -0.15) is 4.57 Å². The second kappa shape index (κ2) is 11.4. The van der Waals surface area contributed by atoms with E-state index in [1.807, 2.05) is 103 Å². The highest BCUT2D eigenvalue weighted by molar-refractivity contribution is 7.49. The Kier molecular flexibility index (Phi) is 7.62. The number of hydrogen-bond acceptors (Lipinski definition) is 4. The normalized spacial score (nSPS) is 11.2. The van der Waals surface area contributed by atoms with Crippen molar-refractivity contribution >= 4 is 7.82 Å². The van der Waals surface area contributed by atoms with E-state index in [-0.39, 0.29) is 5.92 Å². The molecule has 0 aliphatic rings. The van der Waals surface area contributed by atoms with Crippen molar-refractivity contribution in [3.05, 3.63) is 139 Å². The highest BCUT2D eigenvalue weighted by Gasteiger charge is 2.34. The highest BCUT2D eigenvalue weighted by atomic mass is 31.2. The van der Waals surface area contributed by atoms with Crippen LogP contribution in [0, 0.1) is 0 Å². The molecule has 5 aromatic carbocycles. The Hall–Kier alpha value is -4.27. The van der Waals surface area contributed by atoms with Gasteiger partial charge in [0.15, 0.2) is 0 Å². The van der Waals surface area contributed by atoms with Crippen LogP contribution < -0.4 is 13.6 Å². The maximum absolute atomic E-state index is 14.1. The molecule has 0 aromatic heterocycles. The van der Waals surface area contributed by atoms with Gasteiger partial charge in [0, 0.05) is 0 Å². The molecule has 0 fully saturated rings. The van der Waals surface area contributed by atoms with Gasteiger partial charge in [-0.15, -0.1) is 0 Å². The summed E-state index contributed by atoms with van der Waals surface area (Å²) < 4.78 is 32.1. The van der Waals surface area contributed by atoms with Gasteiger partial charge in [0.05, 0.1) is 0 Å². The van der Waals surface area contributed by atoms with Crippen molar-refractivity contribution in [2.24, 2.45) is 0 Å². The Balaban J connectivity index is 1.43. The molecule has 5 rings (SSSR count).